The van der Waals surface area contributed by atoms with Crippen molar-refractivity contribution in [1.82, 2.24) is 30.2 Å². The van der Waals surface area contributed by atoms with Crippen molar-refractivity contribution < 1.29 is 9.32 Å². The number of urea groups is 1. The van der Waals surface area contributed by atoms with Crippen LogP contribution in [0.4, 0.5) is 4.79 Å². The largest absolute Gasteiger partial charge is 0.337 e. The Morgan fingerprint density at radius 2 is 2.07 bits per heavy atom. The highest BCUT2D eigenvalue weighted by Gasteiger charge is 2.26. The maximum absolute atomic E-state index is 12.6. The lowest BCUT2D eigenvalue weighted by Crippen LogP contribution is -2.52. The Morgan fingerprint density at radius 1 is 1.29 bits per heavy atom. The number of piperazine rings is 1. The molecule has 1 atom stereocenters. The molecular weight excluding hydrogens is 356 g/mol. The van der Waals surface area contributed by atoms with Gasteiger partial charge >= 0.3 is 6.03 Å². The van der Waals surface area contributed by atoms with Gasteiger partial charge in [-0.05, 0) is 37.8 Å². The molecule has 1 aliphatic heterocycles. The molecule has 3 heterocycles. The van der Waals surface area contributed by atoms with Gasteiger partial charge in [-0.25, -0.2) is 4.79 Å². The fourth-order valence-electron chi connectivity index (χ4n) is 4.05. The highest BCUT2D eigenvalue weighted by Crippen LogP contribution is 2.26. The normalized spacial score (nSPS) is 19.7. The summed E-state index contributed by atoms with van der Waals surface area (Å²) in [6, 6.07) is 3.27. The van der Waals surface area contributed by atoms with Gasteiger partial charge in [-0.1, -0.05) is 18.0 Å². The van der Waals surface area contributed by atoms with Crippen molar-refractivity contribution in [2.45, 2.75) is 38.6 Å². The van der Waals surface area contributed by atoms with Crippen LogP contribution < -0.4 is 5.32 Å². The quantitative estimate of drug-likeness (QED) is 0.853. The van der Waals surface area contributed by atoms with Crippen LogP contribution in [0.3, 0.4) is 0 Å². The topological polar surface area (TPSA) is 87.4 Å². The van der Waals surface area contributed by atoms with E-state index in [0.717, 1.165) is 37.7 Å². The maximum Gasteiger partial charge on any atom is 0.318 e. The molecular formula is C20H28N6O2. The number of carbonyl (C=O) groups is 1. The molecule has 2 amide bonds. The third-order valence-corrected chi connectivity index (χ3v) is 5.72. The van der Waals surface area contributed by atoms with E-state index in [4.69, 9.17) is 4.52 Å². The van der Waals surface area contributed by atoms with E-state index in [2.05, 4.69) is 25.3 Å². The molecule has 150 valence electrons. The van der Waals surface area contributed by atoms with Crippen LogP contribution in [0.2, 0.25) is 0 Å². The van der Waals surface area contributed by atoms with E-state index in [1.807, 2.05) is 24.0 Å². The van der Waals surface area contributed by atoms with Gasteiger partial charge in [0.15, 0.2) is 0 Å². The summed E-state index contributed by atoms with van der Waals surface area (Å²) in [6.45, 7) is 6.46. The lowest BCUT2D eigenvalue weighted by atomic mass is 10.1. The van der Waals surface area contributed by atoms with Crippen LogP contribution in [-0.2, 0) is 0 Å². The fraction of sp³-hybridized carbons (Fsp3) is 0.600. The highest BCUT2D eigenvalue weighted by molar-refractivity contribution is 5.74. The number of carbonyl (C=O) groups excluding carboxylic acids is 1. The zero-order chi connectivity index (χ0) is 19.3. The standard InChI is InChI=1S/C20H28N6O2/c1-15(19-23-18(24-28-19)17-7-4-8-21-13-17)22-20(27)26-11-9-25(10-12-26)14-16-5-2-3-6-16/h4,7-8,13,15-16H,2-3,5-6,9-12,14H2,1H3,(H,22,27)/t15-/m1/s1. The summed E-state index contributed by atoms with van der Waals surface area (Å²) in [7, 11) is 0. The van der Waals surface area contributed by atoms with Crippen LogP contribution >= 0.6 is 0 Å². The average molecular weight is 384 g/mol. The number of hydrogen-bond acceptors (Lipinski definition) is 6. The lowest BCUT2D eigenvalue weighted by molar-refractivity contribution is 0.125. The predicted octanol–water partition coefficient (Wildman–Crippen LogP) is 2.71. The van der Waals surface area contributed by atoms with Crippen molar-refractivity contribution in [1.29, 1.82) is 0 Å². The Labute approximate surface area is 165 Å². The Bertz CT molecular complexity index is 766. The smallest absolute Gasteiger partial charge is 0.318 e. The number of pyridine rings is 1. The Hall–Kier alpha value is -2.48. The van der Waals surface area contributed by atoms with Crippen molar-refractivity contribution >= 4 is 6.03 Å². The van der Waals surface area contributed by atoms with Crippen LogP contribution in [0, 0.1) is 5.92 Å². The molecule has 28 heavy (non-hydrogen) atoms. The van der Waals surface area contributed by atoms with Gasteiger partial charge in [0.2, 0.25) is 11.7 Å². The first-order valence-electron chi connectivity index (χ1n) is 10.2. The molecule has 1 saturated heterocycles. The Morgan fingerprint density at radius 3 is 2.79 bits per heavy atom. The first-order valence-corrected chi connectivity index (χ1v) is 10.2. The van der Waals surface area contributed by atoms with Crippen LogP contribution in [0.5, 0.6) is 0 Å². The minimum atomic E-state index is -0.345. The molecule has 4 rings (SSSR count). The van der Waals surface area contributed by atoms with E-state index in [1.54, 1.807) is 12.4 Å². The summed E-state index contributed by atoms with van der Waals surface area (Å²) in [5.41, 5.74) is 0.786. The summed E-state index contributed by atoms with van der Waals surface area (Å²) < 4.78 is 5.33. The van der Waals surface area contributed by atoms with Gasteiger partial charge in [-0.15, -0.1) is 0 Å². The molecule has 1 N–H and O–H groups in total. The van der Waals surface area contributed by atoms with Gasteiger partial charge in [0, 0.05) is 50.7 Å². The average Bonchev–Trinajstić information content (AvgIpc) is 3.41. The number of nitrogens with one attached hydrogen (secondary N) is 1. The van der Waals surface area contributed by atoms with Gasteiger partial charge in [0.1, 0.15) is 6.04 Å². The van der Waals surface area contributed by atoms with Crippen molar-refractivity contribution in [2.24, 2.45) is 5.92 Å². The molecule has 0 spiro atoms. The second kappa shape index (κ2) is 8.68. The summed E-state index contributed by atoms with van der Waals surface area (Å²) in [5.74, 6) is 1.73. The van der Waals surface area contributed by atoms with E-state index in [1.165, 1.54) is 32.2 Å². The molecule has 2 aromatic heterocycles. The molecule has 2 aliphatic rings. The lowest BCUT2D eigenvalue weighted by Gasteiger charge is -2.36. The molecule has 2 aromatic rings. The minimum Gasteiger partial charge on any atom is -0.337 e. The molecule has 8 heteroatoms. The van der Waals surface area contributed by atoms with Crippen molar-refractivity contribution in [3.05, 3.63) is 30.4 Å². The fourth-order valence-corrected chi connectivity index (χ4v) is 4.05. The summed E-state index contributed by atoms with van der Waals surface area (Å²) in [6.07, 6.45) is 8.86. The summed E-state index contributed by atoms with van der Waals surface area (Å²) in [4.78, 5) is 25.4. The number of hydrogen-bond donors (Lipinski definition) is 1. The second-order valence-corrected chi connectivity index (χ2v) is 7.81. The molecule has 0 radical (unpaired) electrons. The van der Waals surface area contributed by atoms with E-state index in [-0.39, 0.29) is 12.1 Å². The van der Waals surface area contributed by atoms with Crippen molar-refractivity contribution in [2.75, 3.05) is 32.7 Å². The molecule has 0 unspecified atom stereocenters. The van der Waals surface area contributed by atoms with Gasteiger partial charge in [-0.3, -0.25) is 9.88 Å². The predicted molar refractivity (Wildman–Crippen MR) is 104 cm³/mol. The zero-order valence-corrected chi connectivity index (χ0v) is 16.4. The molecule has 8 nitrogen and oxygen atoms in total. The molecule has 1 saturated carbocycles. The summed E-state index contributed by atoms with van der Waals surface area (Å²) in [5, 5.41) is 6.96. The highest BCUT2D eigenvalue weighted by atomic mass is 16.5. The minimum absolute atomic E-state index is 0.0749. The van der Waals surface area contributed by atoms with Crippen LogP contribution in [-0.4, -0.2) is 63.7 Å². The van der Waals surface area contributed by atoms with Gasteiger partial charge in [-0.2, -0.15) is 4.98 Å². The van der Waals surface area contributed by atoms with Crippen molar-refractivity contribution in [3.8, 4) is 11.4 Å². The second-order valence-electron chi connectivity index (χ2n) is 7.81. The number of amides is 2. The third kappa shape index (κ3) is 4.49. The SMILES string of the molecule is C[C@@H](NC(=O)N1CCN(CC2CCCC2)CC1)c1nc(-c2cccnc2)no1. The van der Waals surface area contributed by atoms with Gasteiger partial charge in [0.25, 0.3) is 0 Å². The molecule has 1 aliphatic carbocycles. The monoisotopic (exact) mass is 384 g/mol. The first-order chi connectivity index (χ1) is 13.7. The number of aromatic nitrogens is 3. The van der Waals surface area contributed by atoms with E-state index in [9.17, 15) is 4.79 Å². The maximum atomic E-state index is 12.6. The van der Waals surface area contributed by atoms with E-state index >= 15 is 0 Å². The van der Waals surface area contributed by atoms with Crippen LogP contribution in [0.1, 0.15) is 44.5 Å². The van der Waals surface area contributed by atoms with Crippen LogP contribution in [0.15, 0.2) is 29.0 Å². The number of rotatable bonds is 5. The van der Waals surface area contributed by atoms with Crippen molar-refractivity contribution in [3.63, 3.8) is 0 Å². The Kier molecular flexibility index (Phi) is 5.85. The third-order valence-electron chi connectivity index (χ3n) is 5.72. The molecule has 0 bridgehead atoms. The van der Waals surface area contributed by atoms with Crippen LogP contribution in [0.25, 0.3) is 11.4 Å². The van der Waals surface area contributed by atoms with Gasteiger partial charge in [0.05, 0.1) is 0 Å². The number of nitrogens with zero attached hydrogens (tertiary/aromatic N) is 5. The molecule has 2 fully saturated rings. The van der Waals surface area contributed by atoms with E-state index < -0.39 is 0 Å². The van der Waals surface area contributed by atoms with Gasteiger partial charge < -0.3 is 14.7 Å². The molecule has 0 aromatic carbocycles. The zero-order valence-electron chi connectivity index (χ0n) is 16.4. The Balaban J connectivity index is 1.26. The summed E-state index contributed by atoms with van der Waals surface area (Å²) >= 11 is 0. The first kappa shape index (κ1) is 18.9. The van der Waals surface area contributed by atoms with E-state index in [0.29, 0.717) is 11.7 Å².